The summed E-state index contributed by atoms with van der Waals surface area (Å²) in [6.45, 7) is 8.75. The summed E-state index contributed by atoms with van der Waals surface area (Å²) in [7, 11) is 0. The monoisotopic (exact) mass is 338 g/mol. The molecule has 0 aliphatic carbocycles. The summed E-state index contributed by atoms with van der Waals surface area (Å²) < 4.78 is 0. The second-order valence-corrected chi connectivity index (χ2v) is 6.91. The van der Waals surface area contributed by atoms with Crippen LogP contribution < -0.4 is 10.6 Å². The lowest BCUT2D eigenvalue weighted by Crippen LogP contribution is -2.49. The summed E-state index contributed by atoms with van der Waals surface area (Å²) in [6, 6.07) is 6.25. The second kappa shape index (κ2) is 9.56. The maximum Gasteiger partial charge on any atom is 0.253 e. The SMILES string of the molecule is CC(C)CCCNC(=O)C(NC(=O)c1ccccc1Cl)C(C)C. The minimum absolute atomic E-state index is 0.00784. The Hall–Kier alpha value is -1.55. The van der Waals surface area contributed by atoms with Gasteiger partial charge in [0.1, 0.15) is 6.04 Å². The summed E-state index contributed by atoms with van der Waals surface area (Å²) in [5.74, 6) is 0.134. The number of hydrogen-bond acceptors (Lipinski definition) is 2. The summed E-state index contributed by atoms with van der Waals surface area (Å²) in [4.78, 5) is 24.7. The number of benzene rings is 1. The van der Waals surface area contributed by atoms with Crippen LogP contribution in [0.4, 0.5) is 0 Å². The Labute approximate surface area is 144 Å². The molecule has 0 aliphatic heterocycles. The van der Waals surface area contributed by atoms with Gasteiger partial charge in [0, 0.05) is 6.54 Å². The van der Waals surface area contributed by atoms with E-state index < -0.39 is 6.04 Å². The van der Waals surface area contributed by atoms with Crippen LogP contribution >= 0.6 is 11.6 Å². The molecule has 1 aromatic rings. The zero-order chi connectivity index (χ0) is 17.4. The van der Waals surface area contributed by atoms with Crippen molar-refractivity contribution >= 4 is 23.4 Å². The summed E-state index contributed by atoms with van der Waals surface area (Å²) >= 11 is 6.03. The van der Waals surface area contributed by atoms with Gasteiger partial charge >= 0.3 is 0 Å². The Morgan fingerprint density at radius 3 is 2.35 bits per heavy atom. The lowest BCUT2D eigenvalue weighted by atomic mass is 10.0. The Morgan fingerprint density at radius 2 is 1.78 bits per heavy atom. The maximum absolute atomic E-state index is 12.3. The molecule has 1 rings (SSSR count). The minimum Gasteiger partial charge on any atom is -0.354 e. The molecule has 0 fully saturated rings. The number of halogens is 1. The van der Waals surface area contributed by atoms with Gasteiger partial charge in [-0.3, -0.25) is 9.59 Å². The molecular formula is C18H27ClN2O2. The highest BCUT2D eigenvalue weighted by atomic mass is 35.5. The van der Waals surface area contributed by atoms with E-state index in [1.54, 1.807) is 24.3 Å². The van der Waals surface area contributed by atoms with Gasteiger partial charge in [0.15, 0.2) is 0 Å². The first-order chi connectivity index (χ1) is 10.8. The molecule has 0 bridgehead atoms. The van der Waals surface area contributed by atoms with Gasteiger partial charge in [-0.1, -0.05) is 51.4 Å². The van der Waals surface area contributed by atoms with E-state index in [-0.39, 0.29) is 17.7 Å². The summed E-state index contributed by atoms with van der Waals surface area (Å²) in [5.41, 5.74) is 0.382. The van der Waals surface area contributed by atoms with Crippen molar-refractivity contribution in [3.8, 4) is 0 Å². The first kappa shape index (κ1) is 19.5. The fourth-order valence-corrected chi connectivity index (χ4v) is 2.45. The molecule has 0 saturated carbocycles. The third kappa shape index (κ3) is 6.61. The van der Waals surface area contributed by atoms with Crippen LogP contribution in [0.25, 0.3) is 0 Å². The van der Waals surface area contributed by atoms with Crippen molar-refractivity contribution in [3.63, 3.8) is 0 Å². The van der Waals surface area contributed by atoms with E-state index >= 15 is 0 Å². The molecule has 1 unspecified atom stereocenters. The van der Waals surface area contributed by atoms with Crippen LogP contribution in [0.5, 0.6) is 0 Å². The Morgan fingerprint density at radius 1 is 1.13 bits per heavy atom. The Kier molecular flexibility index (Phi) is 8.10. The number of amides is 2. The van der Waals surface area contributed by atoms with E-state index in [1.165, 1.54) is 0 Å². The second-order valence-electron chi connectivity index (χ2n) is 6.50. The molecule has 23 heavy (non-hydrogen) atoms. The average molecular weight is 339 g/mol. The highest BCUT2D eigenvalue weighted by molar-refractivity contribution is 6.33. The maximum atomic E-state index is 12.3. The van der Waals surface area contributed by atoms with Gasteiger partial charge in [-0.15, -0.1) is 0 Å². The van der Waals surface area contributed by atoms with E-state index in [9.17, 15) is 9.59 Å². The van der Waals surface area contributed by atoms with Crippen LogP contribution in [-0.4, -0.2) is 24.4 Å². The van der Waals surface area contributed by atoms with Crippen molar-refractivity contribution in [2.24, 2.45) is 11.8 Å². The number of hydrogen-bond donors (Lipinski definition) is 2. The van der Waals surface area contributed by atoms with Gasteiger partial charge in [-0.05, 0) is 36.8 Å². The fourth-order valence-electron chi connectivity index (χ4n) is 2.23. The van der Waals surface area contributed by atoms with Crippen molar-refractivity contribution < 1.29 is 9.59 Å². The third-order valence-electron chi connectivity index (χ3n) is 3.61. The highest BCUT2D eigenvalue weighted by Crippen LogP contribution is 2.15. The van der Waals surface area contributed by atoms with Crippen LogP contribution in [0.15, 0.2) is 24.3 Å². The average Bonchev–Trinajstić information content (AvgIpc) is 2.48. The molecule has 2 amide bonds. The van der Waals surface area contributed by atoms with Crippen molar-refractivity contribution in [3.05, 3.63) is 34.9 Å². The largest absolute Gasteiger partial charge is 0.354 e. The zero-order valence-electron chi connectivity index (χ0n) is 14.4. The molecule has 0 spiro atoms. The smallest absolute Gasteiger partial charge is 0.253 e. The van der Waals surface area contributed by atoms with Crippen molar-refractivity contribution in [1.82, 2.24) is 10.6 Å². The van der Waals surface area contributed by atoms with E-state index in [0.717, 1.165) is 12.8 Å². The Bertz CT molecular complexity index is 530. The zero-order valence-corrected chi connectivity index (χ0v) is 15.1. The van der Waals surface area contributed by atoms with Gasteiger partial charge in [-0.2, -0.15) is 0 Å². The normalized spacial score (nSPS) is 12.3. The molecule has 5 heteroatoms. The van der Waals surface area contributed by atoms with Crippen molar-refractivity contribution in [1.29, 1.82) is 0 Å². The first-order valence-electron chi connectivity index (χ1n) is 8.16. The molecular weight excluding hydrogens is 312 g/mol. The van der Waals surface area contributed by atoms with E-state index in [0.29, 0.717) is 23.0 Å². The lowest BCUT2D eigenvalue weighted by molar-refractivity contribution is -0.123. The highest BCUT2D eigenvalue weighted by Gasteiger charge is 2.25. The van der Waals surface area contributed by atoms with Gasteiger partial charge in [0.25, 0.3) is 5.91 Å². The standard InChI is InChI=1S/C18H27ClN2O2/c1-12(2)8-7-11-20-18(23)16(13(3)4)21-17(22)14-9-5-6-10-15(14)19/h5-6,9-10,12-13,16H,7-8,11H2,1-4H3,(H,20,23)(H,21,22). The lowest BCUT2D eigenvalue weighted by Gasteiger charge is -2.22. The minimum atomic E-state index is -0.571. The van der Waals surface area contributed by atoms with E-state index in [1.807, 2.05) is 13.8 Å². The molecule has 2 N–H and O–H groups in total. The van der Waals surface area contributed by atoms with Gasteiger partial charge < -0.3 is 10.6 Å². The number of rotatable bonds is 8. The third-order valence-corrected chi connectivity index (χ3v) is 3.94. The van der Waals surface area contributed by atoms with Crippen molar-refractivity contribution in [2.45, 2.75) is 46.6 Å². The van der Waals surface area contributed by atoms with Crippen LogP contribution in [0, 0.1) is 11.8 Å². The molecule has 1 aromatic carbocycles. The van der Waals surface area contributed by atoms with Crippen LogP contribution in [0.1, 0.15) is 50.9 Å². The van der Waals surface area contributed by atoms with Gasteiger partial charge in [0.2, 0.25) is 5.91 Å². The molecule has 0 aliphatic rings. The number of carbonyl (C=O) groups is 2. The first-order valence-corrected chi connectivity index (χ1v) is 8.53. The van der Waals surface area contributed by atoms with Crippen LogP contribution in [0.2, 0.25) is 5.02 Å². The number of carbonyl (C=O) groups excluding carboxylic acids is 2. The molecule has 0 aromatic heterocycles. The molecule has 0 radical (unpaired) electrons. The summed E-state index contributed by atoms with van der Waals surface area (Å²) in [6.07, 6.45) is 2.01. The topological polar surface area (TPSA) is 58.2 Å². The van der Waals surface area contributed by atoms with Crippen LogP contribution in [-0.2, 0) is 4.79 Å². The molecule has 0 heterocycles. The predicted octanol–water partition coefficient (Wildman–Crippen LogP) is 3.65. The van der Waals surface area contributed by atoms with E-state index in [2.05, 4.69) is 24.5 Å². The molecule has 0 saturated heterocycles. The van der Waals surface area contributed by atoms with Gasteiger partial charge in [-0.25, -0.2) is 0 Å². The summed E-state index contributed by atoms with van der Waals surface area (Å²) in [5, 5.41) is 6.07. The van der Waals surface area contributed by atoms with Crippen LogP contribution in [0.3, 0.4) is 0 Å². The van der Waals surface area contributed by atoms with Crippen molar-refractivity contribution in [2.75, 3.05) is 6.54 Å². The predicted molar refractivity (Wildman–Crippen MR) is 94.6 cm³/mol. The fraction of sp³-hybridized carbons (Fsp3) is 0.556. The molecule has 4 nitrogen and oxygen atoms in total. The van der Waals surface area contributed by atoms with E-state index in [4.69, 9.17) is 11.6 Å². The Balaban J connectivity index is 2.62. The molecule has 1 atom stereocenters. The quantitative estimate of drug-likeness (QED) is 0.711. The van der Waals surface area contributed by atoms with Gasteiger partial charge in [0.05, 0.1) is 10.6 Å². The number of nitrogens with one attached hydrogen (secondary N) is 2. The molecule has 128 valence electrons.